The van der Waals surface area contributed by atoms with Crippen molar-refractivity contribution in [1.82, 2.24) is 4.98 Å². The molecule has 3 N–H and O–H groups in total. The number of benzene rings is 1. The molecule has 2 aromatic rings. The van der Waals surface area contributed by atoms with Gasteiger partial charge in [-0.05, 0) is 17.7 Å². The SMILES string of the molecule is NNc1ncc(COCc2ccc(Br)cc2)s1. The van der Waals surface area contributed by atoms with Crippen LogP contribution in [0.3, 0.4) is 0 Å². The van der Waals surface area contributed by atoms with Crippen LogP contribution in [0.15, 0.2) is 34.9 Å². The van der Waals surface area contributed by atoms with Crippen molar-refractivity contribution in [2.24, 2.45) is 5.84 Å². The van der Waals surface area contributed by atoms with E-state index in [0.717, 1.165) is 14.9 Å². The fourth-order valence-electron chi connectivity index (χ4n) is 1.29. The van der Waals surface area contributed by atoms with E-state index in [4.69, 9.17) is 10.6 Å². The normalized spacial score (nSPS) is 10.5. The van der Waals surface area contributed by atoms with Crippen molar-refractivity contribution < 1.29 is 4.74 Å². The van der Waals surface area contributed by atoms with Gasteiger partial charge in [0.1, 0.15) is 0 Å². The molecule has 0 bridgehead atoms. The predicted octanol–water partition coefficient (Wildman–Crippen LogP) is 2.91. The van der Waals surface area contributed by atoms with Crippen LogP contribution >= 0.6 is 27.3 Å². The molecule has 0 spiro atoms. The number of hydrogen-bond donors (Lipinski definition) is 2. The highest BCUT2D eigenvalue weighted by atomic mass is 79.9. The summed E-state index contributed by atoms with van der Waals surface area (Å²) in [6.07, 6.45) is 1.77. The van der Waals surface area contributed by atoms with E-state index >= 15 is 0 Å². The Morgan fingerprint density at radius 2 is 2.06 bits per heavy atom. The van der Waals surface area contributed by atoms with Crippen LogP contribution in [0.1, 0.15) is 10.4 Å². The molecular weight excluding hydrogens is 302 g/mol. The maximum atomic E-state index is 5.59. The van der Waals surface area contributed by atoms with Gasteiger partial charge in [0.05, 0.1) is 18.1 Å². The van der Waals surface area contributed by atoms with Gasteiger partial charge in [0.25, 0.3) is 0 Å². The van der Waals surface area contributed by atoms with Gasteiger partial charge in [-0.15, -0.1) is 0 Å². The zero-order valence-electron chi connectivity index (χ0n) is 9.02. The molecule has 0 unspecified atom stereocenters. The van der Waals surface area contributed by atoms with E-state index in [9.17, 15) is 0 Å². The van der Waals surface area contributed by atoms with E-state index in [1.165, 1.54) is 11.3 Å². The molecule has 0 amide bonds. The van der Waals surface area contributed by atoms with Crippen LogP contribution in [0.5, 0.6) is 0 Å². The summed E-state index contributed by atoms with van der Waals surface area (Å²) in [5, 5.41) is 0.701. The summed E-state index contributed by atoms with van der Waals surface area (Å²) in [4.78, 5) is 5.12. The van der Waals surface area contributed by atoms with Gasteiger partial charge in [0.2, 0.25) is 0 Å². The lowest BCUT2D eigenvalue weighted by Crippen LogP contribution is -2.05. The quantitative estimate of drug-likeness (QED) is 0.658. The van der Waals surface area contributed by atoms with E-state index < -0.39 is 0 Å². The molecule has 4 nitrogen and oxygen atoms in total. The van der Waals surface area contributed by atoms with E-state index in [0.29, 0.717) is 18.3 Å². The molecular formula is C11H12BrN3OS. The summed E-state index contributed by atoms with van der Waals surface area (Å²) >= 11 is 4.89. The second kappa shape index (κ2) is 6.11. The van der Waals surface area contributed by atoms with Gasteiger partial charge in [0, 0.05) is 10.7 Å². The van der Waals surface area contributed by atoms with Gasteiger partial charge in [0.15, 0.2) is 5.13 Å². The number of nitrogens with one attached hydrogen (secondary N) is 1. The van der Waals surface area contributed by atoms with Crippen LogP contribution in [0.2, 0.25) is 0 Å². The predicted molar refractivity (Wildman–Crippen MR) is 72.6 cm³/mol. The number of nitrogens with two attached hydrogens (primary N) is 1. The van der Waals surface area contributed by atoms with E-state index in [1.54, 1.807) is 6.20 Å². The molecule has 0 radical (unpaired) electrons. The first-order valence-electron chi connectivity index (χ1n) is 5.01. The number of hydrogen-bond acceptors (Lipinski definition) is 5. The summed E-state index contributed by atoms with van der Waals surface area (Å²) < 4.78 is 6.66. The summed E-state index contributed by atoms with van der Waals surface area (Å²) in [5.74, 6) is 5.25. The van der Waals surface area contributed by atoms with Crippen LogP contribution in [0.25, 0.3) is 0 Å². The standard InChI is InChI=1S/C11H12BrN3OS/c12-9-3-1-8(2-4-9)6-16-7-10-5-14-11(15-13)17-10/h1-5H,6-7,13H2,(H,14,15). The number of aromatic nitrogens is 1. The molecule has 1 aromatic heterocycles. The third kappa shape index (κ3) is 3.78. The van der Waals surface area contributed by atoms with Crippen molar-refractivity contribution >= 4 is 32.4 Å². The number of hydrazine groups is 1. The van der Waals surface area contributed by atoms with Gasteiger partial charge >= 0.3 is 0 Å². The lowest BCUT2D eigenvalue weighted by Gasteiger charge is -2.02. The Bertz CT molecular complexity index is 472. The van der Waals surface area contributed by atoms with Crippen LogP contribution < -0.4 is 11.3 Å². The fourth-order valence-corrected chi connectivity index (χ4v) is 2.22. The van der Waals surface area contributed by atoms with Crippen molar-refractivity contribution in [3.05, 3.63) is 45.4 Å². The van der Waals surface area contributed by atoms with Crippen molar-refractivity contribution in [2.75, 3.05) is 5.43 Å². The molecule has 90 valence electrons. The molecule has 0 atom stereocenters. The molecule has 1 aromatic carbocycles. The second-order valence-electron chi connectivity index (χ2n) is 3.40. The first-order chi connectivity index (χ1) is 8.28. The number of nitrogens with zero attached hydrogens (tertiary/aromatic N) is 1. The van der Waals surface area contributed by atoms with Crippen molar-refractivity contribution in [2.45, 2.75) is 13.2 Å². The largest absolute Gasteiger partial charge is 0.371 e. The topological polar surface area (TPSA) is 60.2 Å². The van der Waals surface area contributed by atoms with Crippen molar-refractivity contribution in [3.8, 4) is 0 Å². The monoisotopic (exact) mass is 313 g/mol. The number of halogens is 1. The number of anilines is 1. The molecule has 0 saturated carbocycles. The Balaban J connectivity index is 1.81. The maximum absolute atomic E-state index is 5.59. The van der Waals surface area contributed by atoms with Gasteiger partial charge in [-0.1, -0.05) is 39.4 Å². The molecule has 0 fully saturated rings. The molecule has 0 aliphatic rings. The number of nitrogen functional groups attached to an aromatic ring is 1. The first kappa shape index (κ1) is 12.5. The summed E-state index contributed by atoms with van der Waals surface area (Å²) in [7, 11) is 0. The summed E-state index contributed by atoms with van der Waals surface area (Å²) in [6.45, 7) is 1.14. The number of thiazole rings is 1. The zero-order chi connectivity index (χ0) is 12.1. The molecule has 6 heteroatoms. The minimum absolute atomic E-state index is 0.551. The first-order valence-corrected chi connectivity index (χ1v) is 6.62. The van der Waals surface area contributed by atoms with Crippen LogP contribution in [-0.4, -0.2) is 4.98 Å². The molecule has 0 aliphatic heterocycles. The Hall–Kier alpha value is -0.950. The van der Waals surface area contributed by atoms with Crippen LogP contribution in [0, 0.1) is 0 Å². The van der Waals surface area contributed by atoms with Crippen LogP contribution in [0.4, 0.5) is 5.13 Å². The van der Waals surface area contributed by atoms with E-state index in [2.05, 4.69) is 26.3 Å². The lowest BCUT2D eigenvalue weighted by atomic mass is 10.2. The molecule has 1 heterocycles. The van der Waals surface area contributed by atoms with Gasteiger partial charge in [-0.2, -0.15) is 0 Å². The molecule has 2 rings (SSSR count). The highest BCUT2D eigenvalue weighted by Crippen LogP contribution is 2.18. The van der Waals surface area contributed by atoms with E-state index in [-0.39, 0.29) is 0 Å². The third-order valence-electron chi connectivity index (χ3n) is 2.10. The highest BCUT2D eigenvalue weighted by molar-refractivity contribution is 9.10. The Kier molecular flexibility index (Phi) is 4.49. The zero-order valence-corrected chi connectivity index (χ0v) is 11.4. The van der Waals surface area contributed by atoms with Crippen molar-refractivity contribution in [1.29, 1.82) is 0 Å². The van der Waals surface area contributed by atoms with Gasteiger partial charge in [-0.25, -0.2) is 10.8 Å². The fraction of sp³-hybridized carbons (Fsp3) is 0.182. The average molecular weight is 314 g/mol. The minimum atomic E-state index is 0.551. The lowest BCUT2D eigenvalue weighted by molar-refractivity contribution is 0.109. The Labute approximate surface area is 112 Å². The van der Waals surface area contributed by atoms with E-state index in [1.807, 2.05) is 24.3 Å². The van der Waals surface area contributed by atoms with Gasteiger partial charge in [-0.3, -0.25) is 5.43 Å². The smallest absolute Gasteiger partial charge is 0.197 e. The van der Waals surface area contributed by atoms with Crippen molar-refractivity contribution in [3.63, 3.8) is 0 Å². The average Bonchev–Trinajstić information content (AvgIpc) is 2.80. The maximum Gasteiger partial charge on any atom is 0.197 e. The summed E-state index contributed by atoms with van der Waals surface area (Å²) in [6, 6.07) is 8.07. The van der Waals surface area contributed by atoms with Crippen LogP contribution in [-0.2, 0) is 18.0 Å². The minimum Gasteiger partial charge on any atom is -0.371 e. The summed E-state index contributed by atoms with van der Waals surface area (Å²) in [5.41, 5.74) is 3.66. The van der Waals surface area contributed by atoms with Gasteiger partial charge < -0.3 is 4.74 Å². The molecule has 0 saturated heterocycles. The third-order valence-corrected chi connectivity index (χ3v) is 3.53. The Morgan fingerprint density at radius 1 is 1.29 bits per heavy atom. The molecule has 17 heavy (non-hydrogen) atoms. The highest BCUT2D eigenvalue weighted by Gasteiger charge is 2.00. The number of ether oxygens (including phenoxy) is 1. The number of rotatable bonds is 5. The second-order valence-corrected chi connectivity index (χ2v) is 5.43. The Morgan fingerprint density at radius 3 is 2.71 bits per heavy atom. The molecule has 0 aliphatic carbocycles.